The molecule has 2 atom stereocenters. The van der Waals surface area contributed by atoms with Crippen molar-refractivity contribution in [1.29, 1.82) is 0 Å². The number of para-hydroxylation sites is 2. The average molecular weight is 455 g/mol. The van der Waals surface area contributed by atoms with Gasteiger partial charge in [0.2, 0.25) is 0 Å². The van der Waals surface area contributed by atoms with Gasteiger partial charge < -0.3 is 4.98 Å². The Balaban J connectivity index is 1.31. The smallest absolute Gasteiger partial charge is 0.306 e. The molecule has 34 heavy (non-hydrogen) atoms. The highest BCUT2D eigenvalue weighted by molar-refractivity contribution is 5.74. The van der Waals surface area contributed by atoms with Crippen molar-refractivity contribution in [3.8, 4) is 0 Å². The van der Waals surface area contributed by atoms with Crippen molar-refractivity contribution in [3.63, 3.8) is 0 Å². The van der Waals surface area contributed by atoms with Gasteiger partial charge in [0, 0.05) is 38.3 Å². The monoisotopic (exact) mass is 454 g/mol. The lowest BCUT2D eigenvalue weighted by Gasteiger charge is -2.34. The zero-order valence-electron chi connectivity index (χ0n) is 19.9. The number of hydrogen-bond acceptors (Lipinski definition) is 3. The van der Waals surface area contributed by atoms with Crippen LogP contribution in [0, 0.1) is 0 Å². The molecule has 1 aliphatic heterocycles. The van der Waals surface area contributed by atoms with E-state index in [4.69, 9.17) is 0 Å². The number of benzene rings is 3. The highest BCUT2D eigenvalue weighted by atomic mass is 16.1. The Morgan fingerprint density at radius 3 is 2.21 bits per heavy atom. The summed E-state index contributed by atoms with van der Waals surface area (Å²) in [6, 6.07) is 30.3. The molecule has 5 rings (SSSR count). The molecule has 0 amide bonds. The van der Waals surface area contributed by atoms with Crippen LogP contribution in [0.25, 0.3) is 11.0 Å². The number of nitrogens with zero attached hydrogens (tertiary/aromatic N) is 3. The van der Waals surface area contributed by atoms with E-state index < -0.39 is 0 Å². The highest BCUT2D eigenvalue weighted by Gasteiger charge is 2.28. The summed E-state index contributed by atoms with van der Waals surface area (Å²) in [5.74, 6) is 0. The number of aromatic nitrogens is 2. The van der Waals surface area contributed by atoms with E-state index in [1.54, 1.807) is 0 Å². The van der Waals surface area contributed by atoms with Crippen molar-refractivity contribution >= 4 is 11.0 Å². The number of hydrogen-bond donors (Lipinski definition) is 1. The molecule has 3 aromatic carbocycles. The summed E-state index contributed by atoms with van der Waals surface area (Å²) in [5, 5.41) is 0. The molecule has 0 bridgehead atoms. The minimum absolute atomic E-state index is 0.00381. The number of fused-ring (bicyclic) bond motifs is 1. The Morgan fingerprint density at radius 2 is 1.53 bits per heavy atom. The molecule has 4 aromatic rings. The second-order valence-electron chi connectivity index (χ2n) is 9.57. The number of likely N-dealkylation sites (tertiary alicyclic amines) is 1. The standard InChI is InChI=1S/C29H34N4O/c1-23(32(20-24-11-4-2-5-12-24)21-25-13-6-3-7-14-25)19-31-18-10-15-26(31)22-33-28-17-9-8-16-27(28)30-29(33)34/h2-9,11-14,16-17,23,26H,10,15,18-22H2,1H3,(H,30,34)/t23?,26-/m0/s1. The SMILES string of the molecule is CC(CN1CCC[C@H]1Cn1c(=O)[nH]c2ccccc21)N(Cc1ccccc1)Cc1ccccc1. The number of H-pyrrole nitrogens is 1. The molecule has 1 aromatic heterocycles. The molecular formula is C29H34N4O. The third-order valence-corrected chi connectivity index (χ3v) is 7.15. The van der Waals surface area contributed by atoms with E-state index in [-0.39, 0.29) is 5.69 Å². The van der Waals surface area contributed by atoms with E-state index >= 15 is 0 Å². The second-order valence-corrected chi connectivity index (χ2v) is 9.57. The fraction of sp³-hybridized carbons (Fsp3) is 0.345. The molecule has 5 heteroatoms. The van der Waals surface area contributed by atoms with Gasteiger partial charge in [0.25, 0.3) is 0 Å². The third-order valence-electron chi connectivity index (χ3n) is 7.15. The van der Waals surface area contributed by atoms with Crippen LogP contribution in [0.2, 0.25) is 0 Å². The Hall–Kier alpha value is -3.15. The zero-order chi connectivity index (χ0) is 23.3. The van der Waals surface area contributed by atoms with Crippen LogP contribution in [0.15, 0.2) is 89.7 Å². The molecule has 176 valence electrons. The van der Waals surface area contributed by atoms with Crippen LogP contribution in [0.4, 0.5) is 0 Å². The molecular weight excluding hydrogens is 420 g/mol. The van der Waals surface area contributed by atoms with E-state index in [0.29, 0.717) is 12.1 Å². The maximum absolute atomic E-state index is 12.7. The van der Waals surface area contributed by atoms with Gasteiger partial charge in [0.1, 0.15) is 0 Å². The fourth-order valence-corrected chi connectivity index (χ4v) is 5.30. The summed E-state index contributed by atoms with van der Waals surface area (Å²) in [7, 11) is 0. The first-order valence-electron chi connectivity index (χ1n) is 12.4. The van der Waals surface area contributed by atoms with Gasteiger partial charge in [-0.15, -0.1) is 0 Å². The normalized spacial score (nSPS) is 17.5. The largest absolute Gasteiger partial charge is 0.326 e. The molecule has 0 aliphatic carbocycles. The predicted octanol–water partition coefficient (Wildman–Crippen LogP) is 4.88. The summed E-state index contributed by atoms with van der Waals surface area (Å²) < 4.78 is 1.93. The lowest BCUT2D eigenvalue weighted by Crippen LogP contribution is -2.45. The minimum Gasteiger partial charge on any atom is -0.306 e. The summed E-state index contributed by atoms with van der Waals surface area (Å²) >= 11 is 0. The number of imidazole rings is 1. The van der Waals surface area contributed by atoms with Crippen LogP contribution in [0.1, 0.15) is 30.9 Å². The molecule has 0 radical (unpaired) electrons. The maximum Gasteiger partial charge on any atom is 0.326 e. The third kappa shape index (κ3) is 5.16. The Labute approximate surface area is 201 Å². The van der Waals surface area contributed by atoms with Crippen LogP contribution in [0.5, 0.6) is 0 Å². The van der Waals surface area contributed by atoms with E-state index in [1.165, 1.54) is 17.5 Å². The summed E-state index contributed by atoms with van der Waals surface area (Å²) in [6.07, 6.45) is 2.32. The van der Waals surface area contributed by atoms with Gasteiger partial charge in [-0.3, -0.25) is 14.4 Å². The first-order valence-corrected chi connectivity index (χ1v) is 12.4. The molecule has 1 aliphatic rings. The topological polar surface area (TPSA) is 44.3 Å². The van der Waals surface area contributed by atoms with E-state index in [1.807, 2.05) is 28.8 Å². The average Bonchev–Trinajstić information content (AvgIpc) is 3.43. The van der Waals surface area contributed by atoms with Crippen molar-refractivity contribution in [2.75, 3.05) is 13.1 Å². The van der Waals surface area contributed by atoms with Crippen molar-refractivity contribution in [1.82, 2.24) is 19.4 Å². The van der Waals surface area contributed by atoms with Crippen molar-refractivity contribution in [2.24, 2.45) is 0 Å². The van der Waals surface area contributed by atoms with E-state index in [0.717, 1.165) is 50.2 Å². The Morgan fingerprint density at radius 1 is 0.912 bits per heavy atom. The zero-order valence-corrected chi connectivity index (χ0v) is 19.9. The first-order chi connectivity index (χ1) is 16.7. The molecule has 1 fully saturated rings. The number of nitrogens with one attached hydrogen (secondary N) is 1. The van der Waals surface area contributed by atoms with Gasteiger partial charge in [-0.05, 0) is 49.6 Å². The van der Waals surface area contributed by atoms with Crippen LogP contribution >= 0.6 is 0 Å². The summed E-state index contributed by atoms with van der Waals surface area (Å²) in [4.78, 5) is 20.8. The van der Waals surface area contributed by atoms with Crippen LogP contribution in [0.3, 0.4) is 0 Å². The molecule has 1 saturated heterocycles. The van der Waals surface area contributed by atoms with Gasteiger partial charge in [-0.2, -0.15) is 0 Å². The predicted molar refractivity (Wildman–Crippen MR) is 139 cm³/mol. The molecule has 5 nitrogen and oxygen atoms in total. The second kappa shape index (κ2) is 10.4. The molecule has 1 N–H and O–H groups in total. The summed E-state index contributed by atoms with van der Waals surface area (Å²) in [5.41, 5.74) is 4.60. The van der Waals surface area contributed by atoms with E-state index in [2.05, 4.69) is 82.4 Å². The maximum atomic E-state index is 12.7. The van der Waals surface area contributed by atoms with Crippen LogP contribution < -0.4 is 5.69 Å². The van der Waals surface area contributed by atoms with Crippen molar-refractivity contribution in [3.05, 3.63) is 107 Å². The van der Waals surface area contributed by atoms with Crippen molar-refractivity contribution in [2.45, 2.75) is 51.5 Å². The van der Waals surface area contributed by atoms with Crippen LogP contribution in [-0.2, 0) is 19.6 Å². The van der Waals surface area contributed by atoms with Crippen molar-refractivity contribution < 1.29 is 0 Å². The van der Waals surface area contributed by atoms with Gasteiger partial charge >= 0.3 is 5.69 Å². The molecule has 2 heterocycles. The molecule has 0 spiro atoms. The first kappa shape index (κ1) is 22.6. The lowest BCUT2D eigenvalue weighted by atomic mass is 10.1. The van der Waals surface area contributed by atoms with E-state index in [9.17, 15) is 4.79 Å². The molecule has 1 unspecified atom stereocenters. The number of rotatable bonds is 9. The lowest BCUT2D eigenvalue weighted by molar-refractivity contribution is 0.123. The highest BCUT2D eigenvalue weighted by Crippen LogP contribution is 2.23. The summed E-state index contributed by atoms with van der Waals surface area (Å²) in [6.45, 7) is 7.04. The number of aromatic amines is 1. The Kier molecular flexibility index (Phi) is 6.93. The minimum atomic E-state index is -0.00381. The van der Waals surface area contributed by atoms with Gasteiger partial charge in [-0.1, -0.05) is 72.8 Å². The fourth-order valence-electron chi connectivity index (χ4n) is 5.30. The van der Waals surface area contributed by atoms with Crippen LogP contribution in [-0.4, -0.2) is 44.5 Å². The Bertz CT molecular complexity index is 1210. The van der Waals surface area contributed by atoms with Gasteiger partial charge in [0.05, 0.1) is 11.0 Å². The van der Waals surface area contributed by atoms with Gasteiger partial charge in [-0.25, -0.2) is 4.79 Å². The quantitative estimate of drug-likeness (QED) is 0.392. The van der Waals surface area contributed by atoms with Gasteiger partial charge in [0.15, 0.2) is 0 Å². The molecule has 0 saturated carbocycles.